The number of hydrogen-bond donors (Lipinski definition) is 1. The van der Waals surface area contributed by atoms with Gasteiger partial charge in [-0.15, -0.1) is 11.3 Å². The van der Waals surface area contributed by atoms with Crippen molar-refractivity contribution >= 4 is 44.6 Å². The van der Waals surface area contributed by atoms with Crippen LogP contribution in [0.5, 0.6) is 0 Å². The van der Waals surface area contributed by atoms with Gasteiger partial charge in [0.15, 0.2) is 11.6 Å². The molecule has 1 aliphatic rings. The molecule has 0 saturated heterocycles. The van der Waals surface area contributed by atoms with E-state index in [1.807, 2.05) is 5.38 Å². The fourth-order valence-electron chi connectivity index (χ4n) is 4.19. The van der Waals surface area contributed by atoms with Gasteiger partial charge in [-0.05, 0) is 23.8 Å². The lowest BCUT2D eigenvalue weighted by Crippen LogP contribution is -2.22. The molecule has 7 heteroatoms. The minimum absolute atomic E-state index is 0.181. The summed E-state index contributed by atoms with van der Waals surface area (Å²) in [4.78, 5) is 35.9. The van der Waals surface area contributed by atoms with Gasteiger partial charge >= 0.3 is 0 Å². The summed E-state index contributed by atoms with van der Waals surface area (Å²) in [5.41, 5.74) is 3.67. The number of nitrogens with zero attached hydrogens (tertiary/aromatic N) is 2. The third-order valence-electron chi connectivity index (χ3n) is 5.73. The summed E-state index contributed by atoms with van der Waals surface area (Å²) in [6.45, 7) is 0. The summed E-state index contributed by atoms with van der Waals surface area (Å²) in [5.74, 6) is -0.197. The number of carbonyl (C=O) groups is 2. The van der Waals surface area contributed by atoms with Crippen molar-refractivity contribution in [2.24, 2.45) is 0 Å². The predicted molar refractivity (Wildman–Crippen MR) is 126 cm³/mol. The monoisotopic (exact) mass is 451 g/mol. The third-order valence-corrected chi connectivity index (χ3v) is 6.62. The Hall–Kier alpha value is -4.23. The molecule has 0 radical (unpaired) electrons. The highest BCUT2D eigenvalue weighted by atomic mass is 32.1. The van der Waals surface area contributed by atoms with Crippen LogP contribution in [0, 0.1) is 5.82 Å². The molecule has 0 fully saturated rings. The molecule has 0 unspecified atom stereocenters. The predicted octanol–water partition coefficient (Wildman–Crippen LogP) is 6.02. The van der Waals surface area contributed by atoms with Crippen LogP contribution in [0.25, 0.3) is 21.3 Å². The summed E-state index contributed by atoms with van der Waals surface area (Å²) in [7, 11) is 0. The number of thiophene rings is 1. The molecule has 158 valence electrons. The zero-order valence-corrected chi connectivity index (χ0v) is 17.8. The van der Waals surface area contributed by atoms with E-state index < -0.39 is 0 Å². The molecule has 1 N–H and O–H groups in total. The van der Waals surface area contributed by atoms with E-state index >= 15 is 0 Å². The molecule has 0 atom stereocenters. The van der Waals surface area contributed by atoms with Gasteiger partial charge in [0.05, 0.1) is 16.6 Å². The topological polar surface area (TPSA) is 72.0 Å². The van der Waals surface area contributed by atoms with Crippen molar-refractivity contribution in [3.8, 4) is 11.1 Å². The first-order valence-corrected chi connectivity index (χ1v) is 11.1. The van der Waals surface area contributed by atoms with Crippen molar-refractivity contribution in [1.29, 1.82) is 0 Å². The highest BCUT2D eigenvalue weighted by Crippen LogP contribution is 2.39. The molecule has 0 saturated carbocycles. The Morgan fingerprint density at radius 3 is 2.27 bits per heavy atom. The Balaban J connectivity index is 1.50. The lowest BCUT2D eigenvalue weighted by Gasteiger charge is -2.20. The standard InChI is InChI=1S/C26H14FN3O2S/c27-15-10-8-14(9-11-15)19-12-33-26-22(19)25(28-13-29-26)30-20-7-3-6-18-21(20)24(32)17-5-2-1-4-16(17)23(18)31/h1-13H,(H,28,29,30). The molecule has 33 heavy (non-hydrogen) atoms. The fraction of sp³-hybridized carbons (Fsp3) is 0. The molecule has 0 bridgehead atoms. The van der Waals surface area contributed by atoms with Crippen LogP contribution >= 0.6 is 11.3 Å². The Morgan fingerprint density at radius 1 is 0.758 bits per heavy atom. The highest BCUT2D eigenvalue weighted by Gasteiger charge is 2.31. The minimum Gasteiger partial charge on any atom is -0.339 e. The van der Waals surface area contributed by atoms with Gasteiger partial charge in [0.2, 0.25) is 0 Å². The second kappa shape index (κ2) is 7.43. The molecular formula is C26H14FN3O2S. The molecule has 2 heterocycles. The molecule has 1 aliphatic carbocycles. The zero-order chi connectivity index (χ0) is 22.5. The lowest BCUT2D eigenvalue weighted by molar-refractivity contribution is 0.0979. The maximum Gasteiger partial charge on any atom is 0.196 e. The van der Waals surface area contributed by atoms with Crippen molar-refractivity contribution < 1.29 is 14.0 Å². The van der Waals surface area contributed by atoms with Gasteiger partial charge < -0.3 is 5.32 Å². The molecule has 0 amide bonds. The van der Waals surface area contributed by atoms with Gasteiger partial charge in [0, 0.05) is 27.6 Å². The second-order valence-corrected chi connectivity index (χ2v) is 8.47. The van der Waals surface area contributed by atoms with Crippen LogP contribution < -0.4 is 5.32 Å². The van der Waals surface area contributed by atoms with E-state index in [1.165, 1.54) is 29.8 Å². The van der Waals surface area contributed by atoms with Crippen molar-refractivity contribution in [3.05, 3.63) is 107 Å². The van der Waals surface area contributed by atoms with E-state index in [2.05, 4.69) is 15.3 Å². The van der Waals surface area contributed by atoms with E-state index in [1.54, 1.807) is 54.6 Å². The molecule has 0 spiro atoms. The van der Waals surface area contributed by atoms with Gasteiger partial charge in [-0.3, -0.25) is 9.59 Å². The Kier molecular flexibility index (Phi) is 4.38. The quantitative estimate of drug-likeness (QED) is 0.356. The summed E-state index contributed by atoms with van der Waals surface area (Å²) in [5, 5.41) is 5.99. The maximum atomic E-state index is 13.4. The Labute approximate surface area is 191 Å². The number of hydrogen-bond acceptors (Lipinski definition) is 6. The van der Waals surface area contributed by atoms with Gasteiger partial charge in [-0.1, -0.05) is 48.5 Å². The van der Waals surface area contributed by atoms with Gasteiger partial charge in [0.1, 0.15) is 22.8 Å². The van der Waals surface area contributed by atoms with Crippen molar-refractivity contribution in [2.75, 3.05) is 5.32 Å². The van der Waals surface area contributed by atoms with Crippen LogP contribution in [-0.4, -0.2) is 21.5 Å². The molecule has 5 nitrogen and oxygen atoms in total. The van der Waals surface area contributed by atoms with E-state index in [4.69, 9.17) is 0 Å². The summed E-state index contributed by atoms with van der Waals surface area (Å²) >= 11 is 1.45. The van der Waals surface area contributed by atoms with Crippen LogP contribution in [0.15, 0.2) is 78.4 Å². The van der Waals surface area contributed by atoms with Crippen LogP contribution in [0.1, 0.15) is 31.8 Å². The minimum atomic E-state index is -0.313. The zero-order valence-electron chi connectivity index (χ0n) is 17.0. The first kappa shape index (κ1) is 19.5. The van der Waals surface area contributed by atoms with Gasteiger partial charge in [-0.2, -0.15) is 0 Å². The average Bonchev–Trinajstić information content (AvgIpc) is 3.28. The highest BCUT2D eigenvalue weighted by molar-refractivity contribution is 7.17. The van der Waals surface area contributed by atoms with E-state index in [0.717, 1.165) is 21.3 Å². The van der Waals surface area contributed by atoms with Crippen molar-refractivity contribution in [1.82, 2.24) is 9.97 Å². The van der Waals surface area contributed by atoms with E-state index in [-0.39, 0.29) is 17.4 Å². The lowest BCUT2D eigenvalue weighted by atomic mass is 9.83. The summed E-state index contributed by atoms with van der Waals surface area (Å²) in [6, 6.07) is 18.2. The number of aromatic nitrogens is 2. The molecule has 2 aromatic heterocycles. The van der Waals surface area contributed by atoms with Crippen molar-refractivity contribution in [2.45, 2.75) is 0 Å². The molecule has 3 aromatic carbocycles. The summed E-state index contributed by atoms with van der Waals surface area (Å²) in [6.07, 6.45) is 1.45. The van der Waals surface area contributed by atoms with E-state index in [9.17, 15) is 14.0 Å². The number of nitrogens with one attached hydrogen (secondary N) is 1. The smallest absolute Gasteiger partial charge is 0.196 e. The first-order chi connectivity index (χ1) is 16.1. The average molecular weight is 451 g/mol. The largest absolute Gasteiger partial charge is 0.339 e. The Bertz CT molecular complexity index is 1590. The Morgan fingerprint density at radius 2 is 1.48 bits per heavy atom. The van der Waals surface area contributed by atoms with Crippen LogP contribution in [-0.2, 0) is 0 Å². The molecule has 5 aromatic rings. The van der Waals surface area contributed by atoms with E-state index in [0.29, 0.717) is 33.8 Å². The number of fused-ring (bicyclic) bond motifs is 3. The number of anilines is 2. The molecule has 6 rings (SSSR count). The number of carbonyl (C=O) groups excluding carboxylic acids is 2. The number of halogens is 1. The number of benzene rings is 3. The van der Waals surface area contributed by atoms with Crippen LogP contribution in [0.4, 0.5) is 15.9 Å². The number of rotatable bonds is 3. The van der Waals surface area contributed by atoms with Crippen LogP contribution in [0.3, 0.4) is 0 Å². The molecule has 0 aliphatic heterocycles. The first-order valence-electron chi connectivity index (χ1n) is 10.2. The van der Waals surface area contributed by atoms with Crippen molar-refractivity contribution in [3.63, 3.8) is 0 Å². The maximum absolute atomic E-state index is 13.4. The number of ketones is 2. The molecular weight excluding hydrogens is 437 g/mol. The second-order valence-electron chi connectivity index (χ2n) is 7.62. The SMILES string of the molecule is O=C1c2ccccc2C(=O)c2c(Nc3ncnc4scc(-c5ccc(F)cc5)c34)cccc21. The summed E-state index contributed by atoms with van der Waals surface area (Å²) < 4.78 is 13.4. The normalized spacial score (nSPS) is 12.5. The van der Waals surface area contributed by atoms with Gasteiger partial charge in [0.25, 0.3) is 0 Å². The van der Waals surface area contributed by atoms with Gasteiger partial charge in [-0.25, -0.2) is 14.4 Å². The third kappa shape index (κ3) is 3.05. The fourth-order valence-corrected chi connectivity index (χ4v) is 5.10. The van der Waals surface area contributed by atoms with Crippen LogP contribution in [0.2, 0.25) is 0 Å².